The summed E-state index contributed by atoms with van der Waals surface area (Å²) in [4.78, 5) is 27.1. The van der Waals surface area contributed by atoms with Crippen molar-refractivity contribution in [3.63, 3.8) is 0 Å². The van der Waals surface area contributed by atoms with Crippen LogP contribution in [0.5, 0.6) is 5.75 Å². The number of furan rings is 1. The SMILES string of the molecule is COc1ccc(-n2c(C)cc(/C=C(\C#N)C(=O)NC3CCN(C(=O)c4ccoc4)CC3)c2C)cc1. The molecule has 8 heteroatoms. The van der Waals surface area contributed by atoms with Crippen LogP contribution in [-0.4, -0.2) is 47.5 Å². The lowest BCUT2D eigenvalue weighted by molar-refractivity contribution is -0.117. The molecule has 0 atom stereocenters. The fourth-order valence-electron chi connectivity index (χ4n) is 4.43. The van der Waals surface area contributed by atoms with Gasteiger partial charge in [-0.3, -0.25) is 9.59 Å². The molecule has 0 spiro atoms. The molecule has 0 saturated carbocycles. The van der Waals surface area contributed by atoms with Gasteiger partial charge in [0.2, 0.25) is 0 Å². The summed E-state index contributed by atoms with van der Waals surface area (Å²) >= 11 is 0. The summed E-state index contributed by atoms with van der Waals surface area (Å²) in [5.74, 6) is 0.297. The number of benzene rings is 1. The van der Waals surface area contributed by atoms with E-state index in [0.717, 1.165) is 28.4 Å². The second kappa shape index (κ2) is 10.3. The van der Waals surface area contributed by atoms with Crippen LogP contribution in [0.1, 0.15) is 40.2 Å². The van der Waals surface area contributed by atoms with Crippen molar-refractivity contribution >= 4 is 17.9 Å². The Kier molecular flexibility index (Phi) is 7.06. The van der Waals surface area contributed by atoms with Gasteiger partial charge in [0.05, 0.1) is 18.9 Å². The van der Waals surface area contributed by atoms with E-state index in [1.807, 2.05) is 50.2 Å². The lowest BCUT2D eigenvalue weighted by Crippen LogP contribution is -2.46. The van der Waals surface area contributed by atoms with Crippen molar-refractivity contribution in [3.05, 3.63) is 77.0 Å². The Balaban J connectivity index is 1.43. The third kappa shape index (κ3) is 5.14. The predicted octanol–water partition coefficient (Wildman–Crippen LogP) is 4.02. The zero-order chi connectivity index (χ0) is 24.9. The van der Waals surface area contributed by atoms with Crippen LogP contribution < -0.4 is 10.1 Å². The number of methoxy groups -OCH3 is 1. The molecule has 2 amide bonds. The van der Waals surface area contributed by atoms with Crippen LogP contribution in [0.2, 0.25) is 0 Å². The van der Waals surface area contributed by atoms with Crippen molar-refractivity contribution in [2.45, 2.75) is 32.7 Å². The van der Waals surface area contributed by atoms with Crippen LogP contribution in [0.3, 0.4) is 0 Å². The Morgan fingerprint density at radius 1 is 1.17 bits per heavy atom. The number of carbonyl (C=O) groups excluding carboxylic acids is 2. The summed E-state index contributed by atoms with van der Waals surface area (Å²) in [6.45, 7) is 5.01. The summed E-state index contributed by atoms with van der Waals surface area (Å²) < 4.78 is 12.3. The number of ether oxygens (including phenoxy) is 1. The summed E-state index contributed by atoms with van der Waals surface area (Å²) in [6, 6.07) is 13.3. The molecule has 180 valence electrons. The van der Waals surface area contributed by atoms with Gasteiger partial charge in [0.25, 0.3) is 11.8 Å². The molecule has 2 aromatic heterocycles. The zero-order valence-corrected chi connectivity index (χ0v) is 20.1. The van der Waals surface area contributed by atoms with E-state index in [1.165, 1.54) is 12.5 Å². The van der Waals surface area contributed by atoms with E-state index in [4.69, 9.17) is 9.15 Å². The molecule has 1 saturated heterocycles. The minimum Gasteiger partial charge on any atom is -0.497 e. The third-order valence-electron chi connectivity index (χ3n) is 6.35. The van der Waals surface area contributed by atoms with Crippen LogP contribution in [0.25, 0.3) is 11.8 Å². The monoisotopic (exact) mass is 472 g/mol. The molecule has 3 heterocycles. The quantitative estimate of drug-likeness (QED) is 0.431. The van der Waals surface area contributed by atoms with Crippen LogP contribution in [-0.2, 0) is 4.79 Å². The molecule has 1 fully saturated rings. The number of rotatable bonds is 6. The van der Waals surface area contributed by atoms with Gasteiger partial charge >= 0.3 is 0 Å². The van der Waals surface area contributed by atoms with Gasteiger partial charge in [-0.05, 0) is 74.7 Å². The van der Waals surface area contributed by atoms with Crippen molar-refractivity contribution in [1.29, 1.82) is 5.26 Å². The predicted molar refractivity (Wildman–Crippen MR) is 131 cm³/mol. The first-order valence-electron chi connectivity index (χ1n) is 11.5. The Morgan fingerprint density at radius 2 is 1.89 bits per heavy atom. The van der Waals surface area contributed by atoms with Gasteiger partial charge in [0.1, 0.15) is 23.7 Å². The van der Waals surface area contributed by atoms with Gasteiger partial charge in [-0.1, -0.05) is 0 Å². The summed E-state index contributed by atoms with van der Waals surface area (Å²) in [5.41, 5.74) is 4.28. The minimum absolute atomic E-state index is 0.0527. The molecule has 3 aromatic rings. The Labute approximate surface area is 204 Å². The lowest BCUT2D eigenvalue weighted by atomic mass is 10.0. The first-order valence-corrected chi connectivity index (χ1v) is 11.5. The average molecular weight is 473 g/mol. The second-order valence-corrected chi connectivity index (χ2v) is 8.58. The van der Waals surface area contributed by atoms with Crippen molar-refractivity contribution < 1.29 is 18.7 Å². The minimum atomic E-state index is -0.402. The largest absolute Gasteiger partial charge is 0.497 e. The van der Waals surface area contributed by atoms with Gasteiger partial charge in [0, 0.05) is 36.2 Å². The van der Waals surface area contributed by atoms with Crippen LogP contribution in [0, 0.1) is 25.2 Å². The number of hydrogen-bond acceptors (Lipinski definition) is 5. The molecule has 1 aliphatic heterocycles. The number of amides is 2. The van der Waals surface area contributed by atoms with E-state index in [-0.39, 0.29) is 17.5 Å². The van der Waals surface area contributed by atoms with E-state index in [9.17, 15) is 14.9 Å². The first kappa shape index (κ1) is 23.9. The first-order chi connectivity index (χ1) is 16.9. The Bertz CT molecular complexity index is 1270. The fraction of sp³-hybridized carbons (Fsp3) is 0.296. The number of nitriles is 1. The van der Waals surface area contributed by atoms with E-state index in [2.05, 4.69) is 9.88 Å². The smallest absolute Gasteiger partial charge is 0.262 e. The highest BCUT2D eigenvalue weighted by Crippen LogP contribution is 2.24. The van der Waals surface area contributed by atoms with Gasteiger partial charge < -0.3 is 23.9 Å². The molecular weight excluding hydrogens is 444 g/mol. The van der Waals surface area contributed by atoms with Gasteiger partial charge in [-0.25, -0.2) is 0 Å². The van der Waals surface area contributed by atoms with Crippen molar-refractivity contribution in [1.82, 2.24) is 14.8 Å². The summed E-state index contributed by atoms with van der Waals surface area (Å²) in [6.07, 6.45) is 5.80. The molecule has 1 N–H and O–H groups in total. The molecule has 0 unspecified atom stereocenters. The summed E-state index contributed by atoms with van der Waals surface area (Å²) in [7, 11) is 1.63. The molecule has 35 heavy (non-hydrogen) atoms. The maximum Gasteiger partial charge on any atom is 0.262 e. The van der Waals surface area contributed by atoms with Crippen molar-refractivity contribution in [3.8, 4) is 17.5 Å². The van der Waals surface area contributed by atoms with Crippen molar-refractivity contribution in [2.75, 3.05) is 20.2 Å². The third-order valence-corrected chi connectivity index (χ3v) is 6.35. The maximum absolute atomic E-state index is 12.9. The fourth-order valence-corrected chi connectivity index (χ4v) is 4.43. The van der Waals surface area contributed by atoms with E-state index >= 15 is 0 Å². The molecule has 0 aliphatic carbocycles. The highest BCUT2D eigenvalue weighted by molar-refractivity contribution is 6.02. The average Bonchev–Trinajstić information content (AvgIpc) is 3.50. The molecule has 1 aliphatic rings. The number of nitrogens with one attached hydrogen (secondary N) is 1. The van der Waals surface area contributed by atoms with E-state index in [0.29, 0.717) is 31.5 Å². The van der Waals surface area contributed by atoms with Crippen molar-refractivity contribution in [2.24, 2.45) is 0 Å². The number of piperidine rings is 1. The normalized spacial score (nSPS) is 14.5. The van der Waals surface area contributed by atoms with Gasteiger partial charge in [0.15, 0.2) is 0 Å². The van der Waals surface area contributed by atoms with Crippen LogP contribution in [0.4, 0.5) is 0 Å². The topological polar surface area (TPSA) is 100 Å². The molecule has 0 radical (unpaired) electrons. The van der Waals surface area contributed by atoms with Gasteiger partial charge in [-0.15, -0.1) is 0 Å². The standard InChI is InChI=1S/C27H28N4O4/c1-18-14-21(19(2)31(18)24-4-6-25(34-3)7-5-24)15-22(16-28)26(32)29-23-8-11-30(12-9-23)27(33)20-10-13-35-17-20/h4-7,10,13-15,17,23H,8-9,11-12H2,1-3H3,(H,29,32)/b22-15+. The van der Waals surface area contributed by atoms with Gasteiger partial charge in [-0.2, -0.15) is 5.26 Å². The highest BCUT2D eigenvalue weighted by atomic mass is 16.5. The zero-order valence-electron chi connectivity index (χ0n) is 20.1. The number of hydrogen-bond donors (Lipinski definition) is 1. The molecule has 0 bridgehead atoms. The second-order valence-electron chi connectivity index (χ2n) is 8.58. The Hall–Kier alpha value is -4.25. The van der Waals surface area contributed by atoms with Crippen LogP contribution in [0.15, 0.2) is 58.9 Å². The Morgan fingerprint density at radius 3 is 2.49 bits per heavy atom. The number of carbonyl (C=O) groups is 2. The number of aromatic nitrogens is 1. The summed E-state index contributed by atoms with van der Waals surface area (Å²) in [5, 5.41) is 12.7. The number of aryl methyl sites for hydroxylation is 1. The molecule has 4 rings (SSSR count). The molecule has 8 nitrogen and oxygen atoms in total. The number of nitrogens with zero attached hydrogens (tertiary/aromatic N) is 3. The highest BCUT2D eigenvalue weighted by Gasteiger charge is 2.26. The molecule has 1 aromatic carbocycles. The van der Waals surface area contributed by atoms with Crippen LogP contribution >= 0.6 is 0 Å². The maximum atomic E-state index is 12.9. The van der Waals surface area contributed by atoms with E-state index < -0.39 is 5.91 Å². The van der Waals surface area contributed by atoms with E-state index in [1.54, 1.807) is 24.2 Å². The lowest BCUT2D eigenvalue weighted by Gasteiger charge is -2.32. The number of likely N-dealkylation sites (tertiary alicyclic amines) is 1. The molecular formula is C27H28N4O4.